The molecule has 18 heavy (non-hydrogen) atoms. The van der Waals surface area contributed by atoms with Gasteiger partial charge in [0.2, 0.25) is 0 Å². The minimum Gasteiger partial charge on any atom is -0.324 e. The summed E-state index contributed by atoms with van der Waals surface area (Å²) in [6.45, 7) is 2.09. The number of rotatable bonds is 6. The molecule has 0 bridgehead atoms. The van der Waals surface area contributed by atoms with Crippen LogP contribution in [0.3, 0.4) is 0 Å². The summed E-state index contributed by atoms with van der Waals surface area (Å²) in [6, 6.07) is 6.61. The second kappa shape index (κ2) is 6.30. The smallest absolute Gasteiger partial charge is 0.127 e. The minimum absolute atomic E-state index is 0.188. The first-order valence-electron chi connectivity index (χ1n) is 6.85. The van der Waals surface area contributed by atoms with Gasteiger partial charge >= 0.3 is 0 Å². The molecule has 0 radical (unpaired) electrons. The monoisotopic (exact) mass is 250 g/mol. The van der Waals surface area contributed by atoms with E-state index in [0.29, 0.717) is 5.56 Å². The van der Waals surface area contributed by atoms with Crippen molar-refractivity contribution < 1.29 is 4.39 Å². The summed E-state index contributed by atoms with van der Waals surface area (Å²) in [6.07, 6.45) is 4.92. The molecule has 2 rings (SSSR count). The molecule has 1 unspecified atom stereocenters. The first kappa shape index (κ1) is 13.5. The summed E-state index contributed by atoms with van der Waals surface area (Å²) in [5, 5.41) is 0. The van der Waals surface area contributed by atoms with E-state index in [1.165, 1.54) is 25.3 Å². The molecule has 0 aliphatic heterocycles. The van der Waals surface area contributed by atoms with E-state index in [4.69, 9.17) is 5.73 Å². The van der Waals surface area contributed by atoms with Crippen LogP contribution in [0.5, 0.6) is 0 Å². The molecule has 0 saturated heterocycles. The van der Waals surface area contributed by atoms with Gasteiger partial charge in [0.05, 0.1) is 0 Å². The van der Waals surface area contributed by atoms with Gasteiger partial charge in [0.1, 0.15) is 5.82 Å². The van der Waals surface area contributed by atoms with E-state index in [-0.39, 0.29) is 11.9 Å². The van der Waals surface area contributed by atoms with Crippen molar-refractivity contribution in [3.63, 3.8) is 0 Å². The van der Waals surface area contributed by atoms with Crippen LogP contribution in [0.4, 0.5) is 4.39 Å². The molecule has 3 heteroatoms. The molecular weight excluding hydrogens is 227 g/mol. The molecule has 0 spiro atoms. The highest BCUT2D eigenvalue weighted by atomic mass is 19.1. The van der Waals surface area contributed by atoms with Crippen LogP contribution in [0, 0.1) is 11.7 Å². The number of hydrogen-bond donors (Lipinski definition) is 1. The van der Waals surface area contributed by atoms with E-state index < -0.39 is 0 Å². The molecule has 1 aromatic rings. The Kier molecular flexibility index (Phi) is 4.72. The Morgan fingerprint density at radius 3 is 2.72 bits per heavy atom. The summed E-state index contributed by atoms with van der Waals surface area (Å²) < 4.78 is 13.5. The van der Waals surface area contributed by atoms with E-state index in [2.05, 4.69) is 11.9 Å². The van der Waals surface area contributed by atoms with Crippen LogP contribution in [-0.4, -0.2) is 25.0 Å². The molecule has 1 aromatic carbocycles. The molecule has 1 atom stereocenters. The molecule has 0 heterocycles. The zero-order valence-electron chi connectivity index (χ0n) is 11.1. The van der Waals surface area contributed by atoms with E-state index in [1.807, 2.05) is 6.07 Å². The maximum absolute atomic E-state index is 13.5. The SMILES string of the molecule is CN(CCC(N)c1ccccc1F)CC1CCC1. The largest absolute Gasteiger partial charge is 0.324 e. The molecular formula is C15H23FN2. The lowest BCUT2D eigenvalue weighted by Crippen LogP contribution is -2.31. The van der Waals surface area contributed by atoms with Crippen molar-refractivity contribution in [3.05, 3.63) is 35.6 Å². The number of nitrogens with two attached hydrogens (primary N) is 1. The van der Waals surface area contributed by atoms with Gasteiger partial charge < -0.3 is 10.6 Å². The van der Waals surface area contributed by atoms with Crippen LogP contribution < -0.4 is 5.73 Å². The average Bonchev–Trinajstić information content (AvgIpc) is 2.31. The molecule has 2 nitrogen and oxygen atoms in total. The summed E-state index contributed by atoms with van der Waals surface area (Å²) in [4.78, 5) is 2.32. The number of nitrogens with zero attached hydrogens (tertiary/aromatic N) is 1. The second-order valence-corrected chi connectivity index (χ2v) is 5.48. The van der Waals surface area contributed by atoms with Crippen LogP contribution >= 0.6 is 0 Å². The van der Waals surface area contributed by atoms with Gasteiger partial charge in [-0.15, -0.1) is 0 Å². The fourth-order valence-electron chi connectivity index (χ4n) is 2.50. The zero-order valence-corrected chi connectivity index (χ0v) is 11.1. The zero-order chi connectivity index (χ0) is 13.0. The van der Waals surface area contributed by atoms with Gasteiger partial charge in [0.15, 0.2) is 0 Å². The number of benzene rings is 1. The van der Waals surface area contributed by atoms with Crippen molar-refractivity contribution in [1.29, 1.82) is 0 Å². The molecule has 100 valence electrons. The van der Waals surface area contributed by atoms with Gasteiger partial charge in [-0.2, -0.15) is 0 Å². The van der Waals surface area contributed by atoms with E-state index in [1.54, 1.807) is 12.1 Å². The fourth-order valence-corrected chi connectivity index (χ4v) is 2.50. The lowest BCUT2D eigenvalue weighted by molar-refractivity contribution is 0.201. The summed E-state index contributed by atoms with van der Waals surface area (Å²) >= 11 is 0. The van der Waals surface area contributed by atoms with Gasteiger partial charge in [-0.3, -0.25) is 0 Å². The third-order valence-electron chi connectivity index (χ3n) is 3.92. The first-order chi connectivity index (χ1) is 8.66. The molecule has 2 N–H and O–H groups in total. The van der Waals surface area contributed by atoms with Crippen LogP contribution in [0.15, 0.2) is 24.3 Å². The Balaban J connectivity index is 1.77. The third-order valence-corrected chi connectivity index (χ3v) is 3.92. The number of hydrogen-bond acceptors (Lipinski definition) is 2. The van der Waals surface area contributed by atoms with Gasteiger partial charge in [-0.05, 0) is 44.8 Å². The summed E-state index contributed by atoms with van der Waals surface area (Å²) in [5.41, 5.74) is 6.69. The highest BCUT2D eigenvalue weighted by Crippen LogP contribution is 2.27. The van der Waals surface area contributed by atoms with Crippen molar-refractivity contribution in [2.75, 3.05) is 20.1 Å². The quantitative estimate of drug-likeness (QED) is 0.841. The Morgan fingerprint density at radius 1 is 1.39 bits per heavy atom. The standard InChI is InChI=1S/C15H23FN2/c1-18(11-12-5-4-6-12)10-9-15(17)13-7-2-3-8-14(13)16/h2-3,7-8,12,15H,4-6,9-11,17H2,1H3. The predicted octanol–water partition coefficient (Wildman–Crippen LogP) is 2.95. The van der Waals surface area contributed by atoms with E-state index in [0.717, 1.165) is 25.4 Å². The topological polar surface area (TPSA) is 29.3 Å². The predicted molar refractivity (Wildman–Crippen MR) is 72.8 cm³/mol. The summed E-state index contributed by atoms with van der Waals surface area (Å²) in [7, 11) is 2.13. The van der Waals surface area contributed by atoms with Gasteiger partial charge in [-0.25, -0.2) is 4.39 Å². The Labute approximate surface area is 109 Å². The Bertz CT molecular complexity index is 377. The number of halogens is 1. The molecule has 1 saturated carbocycles. The third kappa shape index (κ3) is 3.53. The van der Waals surface area contributed by atoms with E-state index in [9.17, 15) is 4.39 Å². The van der Waals surface area contributed by atoms with Gasteiger partial charge in [0.25, 0.3) is 0 Å². The normalized spacial score (nSPS) is 17.8. The van der Waals surface area contributed by atoms with Crippen LogP contribution in [-0.2, 0) is 0 Å². The first-order valence-corrected chi connectivity index (χ1v) is 6.85. The minimum atomic E-state index is -0.199. The Hall–Kier alpha value is -0.930. The second-order valence-electron chi connectivity index (χ2n) is 5.48. The van der Waals surface area contributed by atoms with Crippen LogP contribution in [0.2, 0.25) is 0 Å². The lowest BCUT2D eigenvalue weighted by atomic mass is 9.85. The molecule has 1 fully saturated rings. The van der Waals surface area contributed by atoms with Crippen molar-refractivity contribution in [2.24, 2.45) is 11.7 Å². The highest BCUT2D eigenvalue weighted by molar-refractivity contribution is 5.20. The Morgan fingerprint density at radius 2 is 2.11 bits per heavy atom. The summed E-state index contributed by atoms with van der Waals surface area (Å²) in [5.74, 6) is 0.686. The fraction of sp³-hybridized carbons (Fsp3) is 0.600. The maximum Gasteiger partial charge on any atom is 0.127 e. The van der Waals surface area contributed by atoms with Crippen molar-refractivity contribution in [1.82, 2.24) is 4.90 Å². The molecule has 0 aromatic heterocycles. The van der Waals surface area contributed by atoms with Crippen molar-refractivity contribution in [3.8, 4) is 0 Å². The molecule has 1 aliphatic rings. The van der Waals surface area contributed by atoms with Gasteiger partial charge in [-0.1, -0.05) is 24.6 Å². The average molecular weight is 250 g/mol. The molecule has 0 amide bonds. The highest BCUT2D eigenvalue weighted by Gasteiger charge is 2.19. The molecule has 1 aliphatic carbocycles. The van der Waals surface area contributed by atoms with Crippen LogP contribution in [0.25, 0.3) is 0 Å². The van der Waals surface area contributed by atoms with Crippen molar-refractivity contribution in [2.45, 2.75) is 31.7 Å². The maximum atomic E-state index is 13.5. The van der Waals surface area contributed by atoms with Crippen LogP contribution in [0.1, 0.15) is 37.3 Å². The van der Waals surface area contributed by atoms with Crippen molar-refractivity contribution >= 4 is 0 Å². The van der Waals surface area contributed by atoms with E-state index >= 15 is 0 Å². The van der Waals surface area contributed by atoms with Gasteiger partial charge in [0, 0.05) is 18.2 Å². The lowest BCUT2D eigenvalue weighted by Gasteiger charge is -2.30.